The first-order chi connectivity index (χ1) is 14.6. The van der Waals surface area contributed by atoms with Crippen molar-refractivity contribution in [2.75, 3.05) is 65.5 Å². The molecule has 0 bridgehead atoms. The highest BCUT2D eigenvalue weighted by molar-refractivity contribution is 5.99. The van der Waals surface area contributed by atoms with E-state index in [4.69, 9.17) is 14.2 Å². The lowest BCUT2D eigenvalue weighted by Gasteiger charge is -2.36. The molecule has 4 rings (SSSR count). The maximum Gasteiger partial charge on any atom is 0.254 e. The molecule has 30 heavy (non-hydrogen) atoms. The summed E-state index contributed by atoms with van der Waals surface area (Å²) in [6.45, 7) is 6.11. The molecule has 1 fully saturated rings. The van der Waals surface area contributed by atoms with E-state index in [-0.39, 0.29) is 5.91 Å². The van der Waals surface area contributed by atoms with Crippen LogP contribution in [0.15, 0.2) is 36.4 Å². The van der Waals surface area contributed by atoms with Gasteiger partial charge in [0.15, 0.2) is 11.5 Å². The zero-order valence-electron chi connectivity index (χ0n) is 17.9. The molecule has 2 aliphatic rings. The van der Waals surface area contributed by atoms with Crippen molar-refractivity contribution in [3.8, 4) is 17.2 Å². The van der Waals surface area contributed by atoms with Crippen LogP contribution in [-0.4, -0.2) is 76.3 Å². The Bertz CT molecular complexity index is 909. The molecular weight excluding hydrogens is 382 g/mol. The summed E-state index contributed by atoms with van der Waals surface area (Å²) < 4.78 is 16.1. The van der Waals surface area contributed by atoms with Crippen molar-refractivity contribution in [1.82, 2.24) is 9.80 Å². The van der Waals surface area contributed by atoms with Gasteiger partial charge in [-0.15, -0.1) is 0 Å². The third-order valence-corrected chi connectivity index (χ3v) is 5.97. The molecule has 2 aliphatic heterocycles. The number of hydrogen-bond donors (Lipinski definition) is 0. The molecule has 0 spiro atoms. The number of ether oxygens (including phenoxy) is 3. The van der Waals surface area contributed by atoms with Crippen molar-refractivity contribution in [3.05, 3.63) is 47.5 Å². The molecule has 0 atom stereocenters. The molecule has 7 nitrogen and oxygen atoms in total. The van der Waals surface area contributed by atoms with Crippen LogP contribution >= 0.6 is 0 Å². The van der Waals surface area contributed by atoms with Crippen molar-refractivity contribution >= 4 is 11.6 Å². The lowest BCUT2D eigenvalue weighted by Crippen LogP contribution is -2.48. The highest BCUT2D eigenvalue weighted by atomic mass is 16.5. The molecule has 0 radical (unpaired) electrons. The molecule has 0 unspecified atom stereocenters. The zero-order chi connectivity index (χ0) is 21.1. The number of benzene rings is 2. The fourth-order valence-electron chi connectivity index (χ4n) is 4.18. The van der Waals surface area contributed by atoms with Crippen LogP contribution in [0.25, 0.3) is 0 Å². The molecule has 0 saturated carbocycles. The summed E-state index contributed by atoms with van der Waals surface area (Å²) >= 11 is 0. The molecule has 7 heteroatoms. The molecule has 1 saturated heterocycles. The molecule has 0 N–H and O–H groups in total. The number of carbonyl (C=O) groups excluding carboxylic acids is 1. The summed E-state index contributed by atoms with van der Waals surface area (Å²) in [5, 5.41) is 0. The second kappa shape index (κ2) is 8.83. The fraction of sp³-hybridized carbons (Fsp3) is 0.435. The first-order valence-corrected chi connectivity index (χ1v) is 10.3. The van der Waals surface area contributed by atoms with E-state index < -0.39 is 0 Å². The Morgan fingerprint density at radius 2 is 1.60 bits per heavy atom. The Hall–Kier alpha value is -2.93. The van der Waals surface area contributed by atoms with Gasteiger partial charge < -0.3 is 24.0 Å². The quantitative estimate of drug-likeness (QED) is 0.698. The topological polar surface area (TPSA) is 54.5 Å². The lowest BCUT2D eigenvalue weighted by atomic mass is 10.1. The predicted molar refractivity (Wildman–Crippen MR) is 116 cm³/mol. The van der Waals surface area contributed by atoms with Crippen LogP contribution < -0.4 is 19.1 Å². The molecule has 2 heterocycles. The first kappa shape index (κ1) is 20.3. The van der Waals surface area contributed by atoms with Gasteiger partial charge in [0.25, 0.3) is 5.91 Å². The van der Waals surface area contributed by atoms with Crippen LogP contribution in [0.5, 0.6) is 17.2 Å². The average Bonchev–Trinajstić information content (AvgIpc) is 3.11. The third kappa shape index (κ3) is 4.03. The minimum atomic E-state index is 0.0703. The summed E-state index contributed by atoms with van der Waals surface area (Å²) in [7, 11) is 4.90. The largest absolute Gasteiger partial charge is 0.497 e. The van der Waals surface area contributed by atoms with Crippen LogP contribution in [0.2, 0.25) is 0 Å². The Morgan fingerprint density at radius 3 is 2.30 bits per heavy atom. The summed E-state index contributed by atoms with van der Waals surface area (Å²) in [6.07, 6.45) is 0. The molecule has 0 aromatic heterocycles. The van der Waals surface area contributed by atoms with Gasteiger partial charge in [0.1, 0.15) is 5.75 Å². The number of rotatable bonds is 7. The summed E-state index contributed by atoms with van der Waals surface area (Å²) in [5.41, 5.74) is 2.91. The van der Waals surface area contributed by atoms with E-state index in [0.29, 0.717) is 18.0 Å². The van der Waals surface area contributed by atoms with Gasteiger partial charge in [0.05, 0.1) is 21.3 Å². The van der Waals surface area contributed by atoms with Crippen LogP contribution in [0.3, 0.4) is 0 Å². The Labute approximate surface area is 177 Å². The lowest BCUT2D eigenvalue weighted by molar-refractivity contribution is 0.0756. The van der Waals surface area contributed by atoms with E-state index in [2.05, 4.69) is 21.9 Å². The van der Waals surface area contributed by atoms with E-state index in [9.17, 15) is 4.79 Å². The maximum absolute atomic E-state index is 12.8. The second-order valence-corrected chi connectivity index (χ2v) is 7.62. The van der Waals surface area contributed by atoms with Crippen molar-refractivity contribution in [2.24, 2.45) is 0 Å². The highest BCUT2D eigenvalue weighted by Gasteiger charge is 2.30. The SMILES string of the molecule is COc1cccc(N2CCN(CCN3Cc4cc(OC)c(OC)cc4C3=O)CC2)c1. The van der Waals surface area contributed by atoms with Gasteiger partial charge in [-0.2, -0.15) is 0 Å². The van der Waals surface area contributed by atoms with E-state index in [1.807, 2.05) is 23.1 Å². The summed E-state index contributed by atoms with van der Waals surface area (Å²) in [4.78, 5) is 19.5. The number of carbonyl (C=O) groups is 1. The van der Waals surface area contributed by atoms with Crippen LogP contribution in [0.1, 0.15) is 15.9 Å². The standard InChI is InChI=1S/C23H29N3O4/c1-28-19-6-4-5-18(14-19)25-10-7-24(8-11-25)9-12-26-16-17-13-21(29-2)22(30-3)15-20(17)23(26)27/h4-6,13-15H,7-12,16H2,1-3H3. The molecule has 0 aliphatic carbocycles. The van der Waals surface area contributed by atoms with E-state index >= 15 is 0 Å². The predicted octanol–water partition coefficient (Wildman–Crippen LogP) is 2.49. The molecular formula is C23H29N3O4. The molecule has 2 aromatic rings. The Kier molecular flexibility index (Phi) is 5.99. The minimum absolute atomic E-state index is 0.0703. The minimum Gasteiger partial charge on any atom is -0.497 e. The first-order valence-electron chi connectivity index (χ1n) is 10.3. The van der Waals surface area contributed by atoms with Gasteiger partial charge in [0.2, 0.25) is 0 Å². The molecule has 2 aromatic carbocycles. The number of anilines is 1. The van der Waals surface area contributed by atoms with E-state index in [0.717, 1.165) is 56.1 Å². The summed E-state index contributed by atoms with van der Waals surface area (Å²) in [6, 6.07) is 11.9. The highest BCUT2D eigenvalue weighted by Crippen LogP contribution is 2.34. The van der Waals surface area contributed by atoms with Gasteiger partial charge in [0, 0.05) is 63.1 Å². The maximum atomic E-state index is 12.8. The van der Waals surface area contributed by atoms with Gasteiger partial charge >= 0.3 is 0 Å². The monoisotopic (exact) mass is 411 g/mol. The molecule has 1 amide bonds. The number of nitrogens with zero attached hydrogens (tertiary/aromatic N) is 3. The van der Waals surface area contributed by atoms with E-state index in [1.165, 1.54) is 5.69 Å². The van der Waals surface area contributed by atoms with Crippen molar-refractivity contribution in [1.29, 1.82) is 0 Å². The average molecular weight is 412 g/mol. The third-order valence-electron chi connectivity index (χ3n) is 5.97. The second-order valence-electron chi connectivity index (χ2n) is 7.62. The fourth-order valence-corrected chi connectivity index (χ4v) is 4.18. The smallest absolute Gasteiger partial charge is 0.254 e. The number of hydrogen-bond acceptors (Lipinski definition) is 6. The van der Waals surface area contributed by atoms with Gasteiger partial charge in [-0.25, -0.2) is 0 Å². The van der Waals surface area contributed by atoms with Crippen LogP contribution in [-0.2, 0) is 6.54 Å². The summed E-state index contributed by atoms with van der Waals surface area (Å²) in [5.74, 6) is 2.22. The van der Waals surface area contributed by atoms with Gasteiger partial charge in [-0.3, -0.25) is 9.69 Å². The Balaban J connectivity index is 1.31. The number of methoxy groups -OCH3 is 3. The van der Waals surface area contributed by atoms with Gasteiger partial charge in [-0.1, -0.05) is 6.07 Å². The van der Waals surface area contributed by atoms with Crippen molar-refractivity contribution in [2.45, 2.75) is 6.54 Å². The Morgan fingerprint density at radius 1 is 0.867 bits per heavy atom. The van der Waals surface area contributed by atoms with Crippen LogP contribution in [0, 0.1) is 0 Å². The van der Waals surface area contributed by atoms with Crippen molar-refractivity contribution in [3.63, 3.8) is 0 Å². The number of fused-ring (bicyclic) bond motifs is 1. The van der Waals surface area contributed by atoms with Crippen molar-refractivity contribution < 1.29 is 19.0 Å². The van der Waals surface area contributed by atoms with Crippen LogP contribution in [0.4, 0.5) is 5.69 Å². The van der Waals surface area contributed by atoms with Gasteiger partial charge in [-0.05, 0) is 29.8 Å². The number of amides is 1. The van der Waals surface area contributed by atoms with E-state index in [1.54, 1.807) is 27.4 Å². The molecule has 160 valence electrons. The normalized spacial score (nSPS) is 16.6. The number of piperazine rings is 1. The zero-order valence-corrected chi connectivity index (χ0v) is 17.9.